The van der Waals surface area contributed by atoms with Crippen molar-refractivity contribution >= 4 is 23.2 Å². The summed E-state index contributed by atoms with van der Waals surface area (Å²) in [5, 5.41) is 4.71. The molecule has 0 atom stereocenters. The van der Waals surface area contributed by atoms with Gasteiger partial charge in [0.15, 0.2) is 0 Å². The Bertz CT molecular complexity index is 342. The quantitative estimate of drug-likeness (QED) is 0.763. The van der Waals surface area contributed by atoms with Crippen LogP contribution in [0.5, 0.6) is 0 Å². The predicted octanol–water partition coefficient (Wildman–Crippen LogP) is 3.90. The molecule has 1 N–H and O–H groups in total. The van der Waals surface area contributed by atoms with E-state index in [-0.39, 0.29) is 0 Å². The van der Waals surface area contributed by atoms with Crippen LogP contribution in [0.2, 0.25) is 10.0 Å². The van der Waals surface area contributed by atoms with E-state index in [9.17, 15) is 0 Å². The van der Waals surface area contributed by atoms with Gasteiger partial charge in [0, 0.05) is 23.2 Å². The van der Waals surface area contributed by atoms with E-state index < -0.39 is 0 Å². The fourth-order valence-electron chi connectivity index (χ4n) is 1.40. The smallest absolute Gasteiger partial charge is 0.0518 e. The van der Waals surface area contributed by atoms with Crippen LogP contribution in [0.15, 0.2) is 18.2 Å². The second-order valence-corrected chi connectivity index (χ2v) is 5.03. The molecule has 0 saturated carbocycles. The van der Waals surface area contributed by atoms with E-state index >= 15 is 0 Å². The molecule has 0 unspecified atom stereocenters. The predicted molar refractivity (Wildman–Crippen MR) is 73.9 cm³/mol. The highest BCUT2D eigenvalue weighted by molar-refractivity contribution is 6.35. The average molecular weight is 276 g/mol. The third-order valence-electron chi connectivity index (χ3n) is 2.28. The molecule has 1 rings (SSSR count). The van der Waals surface area contributed by atoms with Crippen molar-refractivity contribution in [2.24, 2.45) is 0 Å². The minimum absolute atomic E-state index is 0.306. The largest absolute Gasteiger partial charge is 0.379 e. The molecule has 0 spiro atoms. The first-order valence-electron chi connectivity index (χ1n) is 5.86. The van der Waals surface area contributed by atoms with E-state index in [4.69, 9.17) is 27.9 Å². The van der Waals surface area contributed by atoms with Gasteiger partial charge in [0.25, 0.3) is 0 Å². The first-order valence-corrected chi connectivity index (χ1v) is 6.61. The molecule has 0 aliphatic rings. The van der Waals surface area contributed by atoms with Crippen LogP contribution in [0.25, 0.3) is 0 Å². The lowest BCUT2D eigenvalue weighted by Crippen LogP contribution is -2.17. The maximum Gasteiger partial charge on any atom is 0.0518 e. The lowest BCUT2D eigenvalue weighted by atomic mass is 10.2. The summed E-state index contributed by atoms with van der Waals surface area (Å²) in [6.45, 7) is 6.56. The maximum absolute atomic E-state index is 6.06. The van der Waals surface area contributed by atoms with Crippen LogP contribution in [0.3, 0.4) is 0 Å². The van der Waals surface area contributed by atoms with Crippen LogP contribution in [-0.2, 0) is 11.3 Å². The van der Waals surface area contributed by atoms with E-state index in [0.717, 1.165) is 31.7 Å². The fraction of sp³-hybridized carbons (Fsp3) is 0.538. The topological polar surface area (TPSA) is 21.3 Å². The zero-order valence-corrected chi connectivity index (χ0v) is 11.8. The average Bonchev–Trinajstić information content (AvgIpc) is 2.25. The Balaban J connectivity index is 2.18. The summed E-state index contributed by atoms with van der Waals surface area (Å²) in [6, 6.07) is 5.57. The van der Waals surface area contributed by atoms with Gasteiger partial charge in [0.05, 0.1) is 6.10 Å². The Labute approximate surface area is 113 Å². The van der Waals surface area contributed by atoms with Gasteiger partial charge in [-0.15, -0.1) is 0 Å². The van der Waals surface area contributed by atoms with Crippen LogP contribution >= 0.6 is 23.2 Å². The van der Waals surface area contributed by atoms with Crippen LogP contribution in [-0.4, -0.2) is 19.3 Å². The molecule has 4 heteroatoms. The summed E-state index contributed by atoms with van der Waals surface area (Å²) in [5.41, 5.74) is 1.07. The molecule has 0 radical (unpaired) electrons. The van der Waals surface area contributed by atoms with Crippen molar-refractivity contribution in [3.05, 3.63) is 33.8 Å². The van der Waals surface area contributed by atoms with Gasteiger partial charge >= 0.3 is 0 Å². The van der Waals surface area contributed by atoms with Gasteiger partial charge in [-0.25, -0.2) is 0 Å². The number of benzene rings is 1. The number of halogens is 2. The van der Waals surface area contributed by atoms with Gasteiger partial charge in [-0.05, 0) is 44.5 Å². The zero-order valence-electron chi connectivity index (χ0n) is 10.3. The lowest BCUT2D eigenvalue weighted by molar-refractivity contribution is 0.0770. The zero-order chi connectivity index (χ0) is 12.7. The minimum Gasteiger partial charge on any atom is -0.379 e. The summed E-state index contributed by atoms with van der Waals surface area (Å²) in [6.07, 6.45) is 1.31. The van der Waals surface area contributed by atoms with Crippen molar-refractivity contribution in [3.63, 3.8) is 0 Å². The fourth-order valence-corrected chi connectivity index (χ4v) is 1.88. The molecular weight excluding hydrogens is 257 g/mol. The number of rotatable bonds is 7. The van der Waals surface area contributed by atoms with Crippen LogP contribution in [0.4, 0.5) is 0 Å². The van der Waals surface area contributed by atoms with Gasteiger partial charge in [-0.1, -0.05) is 29.3 Å². The summed E-state index contributed by atoms with van der Waals surface area (Å²) in [7, 11) is 0. The van der Waals surface area contributed by atoms with Crippen molar-refractivity contribution in [1.82, 2.24) is 5.32 Å². The first kappa shape index (κ1) is 14.8. The normalized spacial score (nSPS) is 11.1. The Morgan fingerprint density at radius 3 is 2.71 bits per heavy atom. The van der Waals surface area contributed by atoms with E-state index in [1.807, 2.05) is 26.0 Å². The van der Waals surface area contributed by atoms with E-state index in [1.54, 1.807) is 6.07 Å². The van der Waals surface area contributed by atoms with Crippen molar-refractivity contribution in [1.29, 1.82) is 0 Å². The Morgan fingerprint density at radius 1 is 1.29 bits per heavy atom. The summed E-state index contributed by atoms with van der Waals surface area (Å²) < 4.78 is 5.45. The summed E-state index contributed by atoms with van der Waals surface area (Å²) >= 11 is 11.9. The van der Waals surface area contributed by atoms with Crippen LogP contribution in [0, 0.1) is 0 Å². The summed E-state index contributed by atoms with van der Waals surface area (Å²) in [4.78, 5) is 0. The van der Waals surface area contributed by atoms with Gasteiger partial charge in [-0.2, -0.15) is 0 Å². The number of ether oxygens (including phenoxy) is 1. The second-order valence-electron chi connectivity index (χ2n) is 4.19. The molecule has 1 aromatic rings. The highest BCUT2D eigenvalue weighted by Crippen LogP contribution is 2.20. The minimum atomic E-state index is 0.306. The molecule has 1 aromatic carbocycles. The molecule has 0 saturated heterocycles. The van der Waals surface area contributed by atoms with Crippen molar-refractivity contribution < 1.29 is 4.74 Å². The highest BCUT2D eigenvalue weighted by Gasteiger charge is 2.00. The lowest BCUT2D eigenvalue weighted by Gasteiger charge is -2.09. The third-order valence-corrected chi connectivity index (χ3v) is 2.87. The Hall–Kier alpha value is -0.280. The van der Waals surface area contributed by atoms with Crippen LogP contribution in [0.1, 0.15) is 25.8 Å². The van der Waals surface area contributed by atoms with Gasteiger partial charge in [-0.3, -0.25) is 0 Å². The van der Waals surface area contributed by atoms with Crippen molar-refractivity contribution in [3.8, 4) is 0 Å². The molecule has 17 heavy (non-hydrogen) atoms. The molecule has 96 valence electrons. The summed E-state index contributed by atoms with van der Waals surface area (Å²) in [5.74, 6) is 0. The molecule has 2 nitrogen and oxygen atoms in total. The number of hydrogen-bond donors (Lipinski definition) is 1. The van der Waals surface area contributed by atoms with Gasteiger partial charge < -0.3 is 10.1 Å². The van der Waals surface area contributed by atoms with Gasteiger partial charge in [0.1, 0.15) is 0 Å². The third kappa shape index (κ3) is 6.27. The van der Waals surface area contributed by atoms with E-state index in [1.165, 1.54) is 0 Å². The molecule has 0 aliphatic carbocycles. The Kier molecular flexibility index (Phi) is 6.90. The SMILES string of the molecule is CC(C)OCCCNCc1ccc(Cl)cc1Cl. The van der Waals surface area contributed by atoms with E-state index in [2.05, 4.69) is 5.32 Å². The molecule has 0 heterocycles. The standard InChI is InChI=1S/C13H19Cl2NO/c1-10(2)17-7-3-6-16-9-11-4-5-12(14)8-13(11)15/h4-5,8,10,16H,3,6-7,9H2,1-2H3. The highest BCUT2D eigenvalue weighted by atomic mass is 35.5. The molecule has 0 fully saturated rings. The van der Waals surface area contributed by atoms with Crippen molar-refractivity contribution in [2.75, 3.05) is 13.2 Å². The molecular formula is C13H19Cl2NO. The first-order chi connectivity index (χ1) is 8.09. The number of nitrogens with one attached hydrogen (secondary N) is 1. The molecule has 0 aliphatic heterocycles. The monoisotopic (exact) mass is 275 g/mol. The molecule has 0 amide bonds. The molecule has 0 bridgehead atoms. The second kappa shape index (κ2) is 7.93. The molecule has 0 aromatic heterocycles. The van der Waals surface area contributed by atoms with Crippen LogP contribution < -0.4 is 5.32 Å². The van der Waals surface area contributed by atoms with Crippen molar-refractivity contribution in [2.45, 2.75) is 32.9 Å². The van der Waals surface area contributed by atoms with Gasteiger partial charge in [0.2, 0.25) is 0 Å². The van der Waals surface area contributed by atoms with E-state index in [0.29, 0.717) is 16.1 Å². The maximum atomic E-state index is 6.06. The Morgan fingerprint density at radius 2 is 2.06 bits per heavy atom. The number of hydrogen-bond acceptors (Lipinski definition) is 2.